The molecule has 2 aromatic carbocycles. The normalized spacial score (nSPS) is 21.9. The number of aromatic hydroxyl groups is 2. The zero-order chi connectivity index (χ0) is 20.3. The van der Waals surface area contributed by atoms with Crippen LogP contribution in [0.3, 0.4) is 0 Å². The summed E-state index contributed by atoms with van der Waals surface area (Å²) in [6, 6.07) is 5.86. The van der Waals surface area contributed by atoms with Gasteiger partial charge in [0.15, 0.2) is 17.1 Å². The van der Waals surface area contributed by atoms with Gasteiger partial charge in [-0.1, -0.05) is 0 Å². The molecule has 0 aromatic heterocycles. The van der Waals surface area contributed by atoms with Crippen LogP contribution in [0.25, 0.3) is 6.08 Å². The maximum absolute atomic E-state index is 13.2. The molecule has 0 fully saturated rings. The van der Waals surface area contributed by atoms with E-state index in [-0.39, 0.29) is 16.9 Å². The lowest BCUT2D eigenvalue weighted by Crippen LogP contribution is -2.45. The number of rotatable bonds is 2. The minimum atomic E-state index is -2.16. The van der Waals surface area contributed by atoms with Gasteiger partial charge in [-0.25, -0.2) is 0 Å². The number of aliphatic hydroxyl groups is 1. The highest BCUT2D eigenvalue weighted by atomic mass is 16.5. The predicted octanol–water partition coefficient (Wildman–Crippen LogP) is 2.75. The molecule has 7 heteroatoms. The van der Waals surface area contributed by atoms with Crippen molar-refractivity contribution in [3.05, 3.63) is 47.0 Å². The summed E-state index contributed by atoms with van der Waals surface area (Å²) in [5, 5.41) is 31.4. The molecular formula is C21H20O7. The fourth-order valence-corrected chi connectivity index (χ4v) is 3.49. The first-order chi connectivity index (χ1) is 13.2. The molecule has 0 bridgehead atoms. The van der Waals surface area contributed by atoms with E-state index in [4.69, 9.17) is 14.2 Å². The van der Waals surface area contributed by atoms with Gasteiger partial charge in [0.25, 0.3) is 0 Å². The van der Waals surface area contributed by atoms with Gasteiger partial charge >= 0.3 is 0 Å². The molecule has 1 atom stereocenters. The molecule has 3 N–H and O–H groups in total. The highest BCUT2D eigenvalue weighted by Crippen LogP contribution is 2.48. The van der Waals surface area contributed by atoms with Crippen molar-refractivity contribution in [3.8, 4) is 28.7 Å². The SMILES string of the molecule is COc1ccc(C2(O)COc3c(ccc4c3C=CC(C)(C)O4)C2=O)c(O)c1O. The molecule has 0 saturated heterocycles. The number of ether oxygens (including phenoxy) is 3. The van der Waals surface area contributed by atoms with Gasteiger partial charge in [-0.05, 0) is 50.3 Å². The third-order valence-corrected chi connectivity index (χ3v) is 5.01. The Morgan fingerprint density at radius 1 is 1.11 bits per heavy atom. The van der Waals surface area contributed by atoms with Crippen LogP contribution >= 0.6 is 0 Å². The number of methoxy groups -OCH3 is 1. The van der Waals surface area contributed by atoms with Gasteiger partial charge in [-0.3, -0.25) is 4.79 Å². The Kier molecular flexibility index (Phi) is 3.83. The van der Waals surface area contributed by atoms with E-state index in [9.17, 15) is 20.1 Å². The van der Waals surface area contributed by atoms with E-state index < -0.39 is 35.1 Å². The largest absolute Gasteiger partial charge is 0.504 e. The van der Waals surface area contributed by atoms with Crippen LogP contribution in [0.4, 0.5) is 0 Å². The molecule has 0 amide bonds. The van der Waals surface area contributed by atoms with Gasteiger partial charge in [0.05, 0.1) is 18.2 Å². The summed E-state index contributed by atoms with van der Waals surface area (Å²) in [5.74, 6) is -0.921. The molecule has 2 aliphatic heterocycles. The quantitative estimate of drug-likeness (QED) is 0.684. The number of phenolic OH excluding ortho intramolecular Hbond substituents is 2. The highest BCUT2D eigenvalue weighted by molar-refractivity contribution is 6.07. The Labute approximate surface area is 161 Å². The monoisotopic (exact) mass is 384 g/mol. The van der Waals surface area contributed by atoms with Crippen LogP contribution in [-0.2, 0) is 5.60 Å². The van der Waals surface area contributed by atoms with E-state index >= 15 is 0 Å². The number of carbonyl (C=O) groups excluding carboxylic acids is 1. The molecule has 0 spiro atoms. The Balaban J connectivity index is 1.80. The van der Waals surface area contributed by atoms with E-state index in [1.807, 2.05) is 26.0 Å². The number of fused-ring (bicyclic) bond motifs is 3. The first-order valence-electron chi connectivity index (χ1n) is 8.72. The summed E-state index contributed by atoms with van der Waals surface area (Å²) in [6.07, 6.45) is 3.68. The number of carbonyl (C=O) groups is 1. The van der Waals surface area contributed by atoms with Crippen molar-refractivity contribution in [2.45, 2.75) is 25.0 Å². The minimum absolute atomic E-state index is 0.0217. The van der Waals surface area contributed by atoms with Crippen molar-refractivity contribution < 1.29 is 34.3 Å². The fourth-order valence-electron chi connectivity index (χ4n) is 3.49. The topological polar surface area (TPSA) is 105 Å². The Morgan fingerprint density at radius 2 is 1.86 bits per heavy atom. The van der Waals surface area contributed by atoms with E-state index in [1.165, 1.54) is 25.3 Å². The van der Waals surface area contributed by atoms with Crippen LogP contribution in [-0.4, -0.2) is 40.4 Å². The molecule has 1 unspecified atom stereocenters. The summed E-state index contributed by atoms with van der Waals surface area (Å²) in [4.78, 5) is 13.2. The smallest absolute Gasteiger partial charge is 0.206 e. The Hall–Kier alpha value is -3.19. The lowest BCUT2D eigenvalue weighted by molar-refractivity contribution is -0.00668. The summed E-state index contributed by atoms with van der Waals surface area (Å²) in [6.45, 7) is 3.40. The van der Waals surface area contributed by atoms with Gasteiger partial charge in [-0.2, -0.15) is 0 Å². The summed E-state index contributed by atoms with van der Waals surface area (Å²) in [5.41, 5.74) is -2.02. The second-order valence-electron chi connectivity index (χ2n) is 7.38. The molecule has 0 saturated carbocycles. The number of phenols is 2. The van der Waals surface area contributed by atoms with Crippen LogP contribution < -0.4 is 14.2 Å². The van der Waals surface area contributed by atoms with Crippen molar-refractivity contribution >= 4 is 11.9 Å². The molecule has 2 aromatic rings. The molecule has 4 rings (SSSR count). The summed E-state index contributed by atoms with van der Waals surface area (Å²) < 4.78 is 16.6. The van der Waals surface area contributed by atoms with Gasteiger partial charge < -0.3 is 29.5 Å². The molecule has 146 valence electrons. The minimum Gasteiger partial charge on any atom is -0.504 e. The van der Waals surface area contributed by atoms with E-state index in [2.05, 4.69) is 0 Å². The number of benzene rings is 2. The van der Waals surface area contributed by atoms with Gasteiger partial charge in [0, 0.05) is 5.56 Å². The van der Waals surface area contributed by atoms with Crippen molar-refractivity contribution in [3.63, 3.8) is 0 Å². The first kappa shape index (κ1) is 18.2. The average Bonchev–Trinajstić information content (AvgIpc) is 2.65. The fraction of sp³-hybridized carbons (Fsp3) is 0.286. The maximum atomic E-state index is 13.2. The summed E-state index contributed by atoms with van der Waals surface area (Å²) in [7, 11) is 1.33. The van der Waals surface area contributed by atoms with Crippen LogP contribution in [0, 0.1) is 0 Å². The van der Waals surface area contributed by atoms with E-state index in [1.54, 1.807) is 6.07 Å². The van der Waals surface area contributed by atoms with Gasteiger partial charge in [-0.15, -0.1) is 0 Å². The van der Waals surface area contributed by atoms with Gasteiger partial charge in [0.1, 0.15) is 23.7 Å². The lowest BCUT2D eigenvalue weighted by Gasteiger charge is -2.35. The molecule has 28 heavy (non-hydrogen) atoms. The van der Waals surface area contributed by atoms with Crippen molar-refractivity contribution in [2.24, 2.45) is 0 Å². The molecule has 7 nitrogen and oxygen atoms in total. The highest BCUT2D eigenvalue weighted by Gasteiger charge is 2.47. The maximum Gasteiger partial charge on any atom is 0.206 e. The van der Waals surface area contributed by atoms with E-state index in [0.717, 1.165) is 0 Å². The number of hydrogen-bond donors (Lipinski definition) is 3. The lowest BCUT2D eigenvalue weighted by atomic mass is 9.82. The molecular weight excluding hydrogens is 364 g/mol. The third-order valence-electron chi connectivity index (χ3n) is 5.01. The van der Waals surface area contributed by atoms with Crippen molar-refractivity contribution in [2.75, 3.05) is 13.7 Å². The van der Waals surface area contributed by atoms with Crippen LogP contribution in [0.15, 0.2) is 30.3 Å². The first-order valence-corrected chi connectivity index (χ1v) is 8.72. The predicted molar refractivity (Wildman–Crippen MR) is 100 cm³/mol. The van der Waals surface area contributed by atoms with Gasteiger partial charge in [0.2, 0.25) is 11.5 Å². The third kappa shape index (κ3) is 2.51. The van der Waals surface area contributed by atoms with E-state index in [0.29, 0.717) is 17.1 Å². The van der Waals surface area contributed by atoms with Crippen LogP contribution in [0.5, 0.6) is 28.7 Å². The Morgan fingerprint density at radius 3 is 2.57 bits per heavy atom. The number of hydrogen-bond acceptors (Lipinski definition) is 7. The standard InChI is InChI=1S/C21H20O7/c1-20(2)9-8-11-14(28-20)6-4-12-18(11)27-10-21(25,19(12)24)13-5-7-15(26-3)17(23)16(13)22/h4-9,22-23,25H,10H2,1-3H3. The van der Waals surface area contributed by atoms with Crippen LogP contribution in [0.2, 0.25) is 0 Å². The van der Waals surface area contributed by atoms with Crippen molar-refractivity contribution in [1.29, 1.82) is 0 Å². The number of Topliss-reactive ketones (excluding diaryl/α,β-unsaturated/α-hetero) is 1. The Bertz CT molecular complexity index is 1020. The number of ketones is 1. The van der Waals surface area contributed by atoms with Crippen molar-refractivity contribution in [1.82, 2.24) is 0 Å². The molecule has 2 heterocycles. The second-order valence-corrected chi connectivity index (χ2v) is 7.38. The van der Waals surface area contributed by atoms with Crippen LogP contribution in [0.1, 0.15) is 35.3 Å². The average molecular weight is 384 g/mol. The zero-order valence-electron chi connectivity index (χ0n) is 15.6. The second kappa shape index (κ2) is 5.90. The summed E-state index contributed by atoms with van der Waals surface area (Å²) >= 11 is 0. The molecule has 0 aliphatic carbocycles. The molecule has 0 radical (unpaired) electrons. The molecule has 2 aliphatic rings. The zero-order valence-corrected chi connectivity index (χ0v) is 15.6.